The molecule has 0 spiro atoms. The normalized spacial score (nSPS) is 17.3. The Kier molecular flexibility index (Phi) is 4.83. The van der Waals surface area contributed by atoms with Crippen LogP contribution in [0.3, 0.4) is 0 Å². The van der Waals surface area contributed by atoms with Gasteiger partial charge >= 0.3 is 0 Å². The zero-order valence-corrected chi connectivity index (χ0v) is 15.5. The monoisotopic (exact) mass is 346 g/mol. The number of benzene rings is 1. The zero-order valence-electron chi connectivity index (χ0n) is 14.7. The molecule has 0 amide bonds. The molecule has 0 aliphatic carbocycles. The van der Waals surface area contributed by atoms with E-state index >= 15 is 0 Å². The highest BCUT2D eigenvalue weighted by molar-refractivity contribution is 7.88. The molecule has 5 heteroatoms. The molecular formula is C19H26N2O2S. The molecule has 0 N–H and O–H groups in total. The van der Waals surface area contributed by atoms with E-state index in [2.05, 4.69) is 30.5 Å². The number of hydrogen-bond acceptors (Lipinski definition) is 2. The van der Waals surface area contributed by atoms with E-state index in [0.717, 1.165) is 24.0 Å². The van der Waals surface area contributed by atoms with Crippen LogP contribution in [-0.2, 0) is 15.8 Å². The molecule has 0 bridgehead atoms. The van der Waals surface area contributed by atoms with Crippen LogP contribution < -0.4 is 0 Å². The Morgan fingerprint density at radius 2 is 1.46 bits per heavy atom. The molecule has 2 heterocycles. The van der Waals surface area contributed by atoms with Gasteiger partial charge in [0.1, 0.15) is 0 Å². The van der Waals surface area contributed by atoms with Gasteiger partial charge in [-0.05, 0) is 51.3 Å². The fraction of sp³-hybridized carbons (Fsp3) is 0.474. The van der Waals surface area contributed by atoms with Crippen LogP contribution in [0, 0.1) is 20.8 Å². The van der Waals surface area contributed by atoms with Crippen molar-refractivity contribution in [1.82, 2.24) is 8.87 Å². The Hall–Kier alpha value is -1.59. The SMILES string of the molecule is Cc1ccc(CS(=O)(=O)N2CCC(n3c(C)ccc3C)CC2)cc1. The molecule has 130 valence electrons. The summed E-state index contributed by atoms with van der Waals surface area (Å²) >= 11 is 0. The first-order valence-corrected chi connectivity index (χ1v) is 10.2. The molecule has 1 aliphatic rings. The van der Waals surface area contributed by atoms with Crippen molar-refractivity contribution in [2.75, 3.05) is 13.1 Å². The van der Waals surface area contributed by atoms with Crippen molar-refractivity contribution in [2.24, 2.45) is 0 Å². The van der Waals surface area contributed by atoms with Crippen molar-refractivity contribution in [3.63, 3.8) is 0 Å². The second-order valence-corrected chi connectivity index (χ2v) is 8.83. The highest BCUT2D eigenvalue weighted by Crippen LogP contribution is 2.28. The minimum atomic E-state index is -3.24. The van der Waals surface area contributed by atoms with Gasteiger partial charge in [-0.3, -0.25) is 0 Å². The quantitative estimate of drug-likeness (QED) is 0.849. The van der Waals surface area contributed by atoms with Crippen LogP contribution in [0.1, 0.15) is 41.4 Å². The lowest BCUT2D eigenvalue weighted by Gasteiger charge is -2.33. The number of hydrogen-bond donors (Lipinski definition) is 0. The molecule has 0 unspecified atom stereocenters. The first-order chi connectivity index (χ1) is 11.4. The summed E-state index contributed by atoms with van der Waals surface area (Å²) in [5, 5.41) is 0. The molecule has 0 saturated carbocycles. The number of sulfonamides is 1. The van der Waals surface area contributed by atoms with Gasteiger partial charge in [0.15, 0.2) is 0 Å². The van der Waals surface area contributed by atoms with Crippen molar-refractivity contribution in [3.05, 3.63) is 58.9 Å². The van der Waals surface area contributed by atoms with E-state index in [1.54, 1.807) is 4.31 Å². The van der Waals surface area contributed by atoms with Crippen molar-refractivity contribution < 1.29 is 8.42 Å². The molecule has 1 aliphatic heterocycles. The summed E-state index contributed by atoms with van der Waals surface area (Å²) in [4.78, 5) is 0. The van der Waals surface area contributed by atoms with Crippen molar-refractivity contribution in [2.45, 2.75) is 45.4 Å². The third kappa shape index (κ3) is 3.57. The fourth-order valence-corrected chi connectivity index (χ4v) is 5.18. The van der Waals surface area contributed by atoms with Crippen LogP contribution in [0.25, 0.3) is 0 Å². The van der Waals surface area contributed by atoms with Crippen LogP contribution in [0.2, 0.25) is 0 Å². The summed E-state index contributed by atoms with van der Waals surface area (Å²) in [7, 11) is -3.24. The highest BCUT2D eigenvalue weighted by atomic mass is 32.2. The van der Waals surface area contributed by atoms with Crippen LogP contribution in [-0.4, -0.2) is 30.4 Å². The summed E-state index contributed by atoms with van der Waals surface area (Å²) < 4.78 is 29.4. The molecule has 1 aromatic heterocycles. The molecule has 2 aromatic rings. The van der Waals surface area contributed by atoms with Gasteiger partial charge in [-0.25, -0.2) is 12.7 Å². The first kappa shape index (κ1) is 17.2. The van der Waals surface area contributed by atoms with Crippen LogP contribution in [0.15, 0.2) is 36.4 Å². The lowest BCUT2D eigenvalue weighted by Crippen LogP contribution is -2.39. The van der Waals surface area contributed by atoms with E-state index in [1.165, 1.54) is 11.4 Å². The highest BCUT2D eigenvalue weighted by Gasteiger charge is 2.29. The summed E-state index contributed by atoms with van der Waals surface area (Å²) in [6.45, 7) is 7.46. The van der Waals surface area contributed by atoms with E-state index in [-0.39, 0.29) is 5.75 Å². The number of aryl methyl sites for hydroxylation is 3. The average molecular weight is 346 g/mol. The predicted octanol–water partition coefficient (Wildman–Crippen LogP) is 3.58. The minimum Gasteiger partial charge on any atom is -0.346 e. The van der Waals surface area contributed by atoms with Gasteiger partial charge in [-0.15, -0.1) is 0 Å². The Morgan fingerprint density at radius 3 is 2.00 bits per heavy atom. The Labute approximate surface area is 145 Å². The zero-order chi connectivity index (χ0) is 17.3. The maximum Gasteiger partial charge on any atom is 0.218 e. The number of rotatable bonds is 4. The summed E-state index contributed by atoms with van der Waals surface area (Å²) in [5.41, 5.74) is 4.52. The number of nitrogens with zero attached hydrogens (tertiary/aromatic N) is 2. The van der Waals surface area contributed by atoms with Gasteiger partial charge in [0, 0.05) is 30.5 Å². The Morgan fingerprint density at radius 1 is 0.917 bits per heavy atom. The van der Waals surface area contributed by atoms with Gasteiger partial charge in [0.25, 0.3) is 0 Å². The van der Waals surface area contributed by atoms with E-state index in [9.17, 15) is 8.42 Å². The van der Waals surface area contributed by atoms with Crippen LogP contribution >= 0.6 is 0 Å². The summed E-state index contributed by atoms with van der Waals surface area (Å²) in [6, 6.07) is 12.4. The standard InChI is InChI=1S/C19H26N2O2S/c1-15-4-8-18(9-5-15)14-24(22,23)20-12-10-19(11-13-20)21-16(2)6-7-17(21)3/h4-9,19H,10-14H2,1-3H3. The van der Waals surface area contributed by atoms with E-state index in [1.807, 2.05) is 31.2 Å². The molecule has 0 atom stereocenters. The van der Waals surface area contributed by atoms with Crippen LogP contribution in [0.5, 0.6) is 0 Å². The first-order valence-electron chi connectivity index (χ1n) is 8.54. The molecular weight excluding hydrogens is 320 g/mol. The summed E-state index contributed by atoms with van der Waals surface area (Å²) in [5.74, 6) is 0.0967. The van der Waals surface area contributed by atoms with Crippen molar-refractivity contribution >= 4 is 10.0 Å². The molecule has 1 saturated heterocycles. The second-order valence-electron chi connectivity index (χ2n) is 6.86. The van der Waals surface area contributed by atoms with E-state index in [4.69, 9.17) is 0 Å². The largest absolute Gasteiger partial charge is 0.346 e. The third-order valence-corrected chi connectivity index (χ3v) is 6.83. The molecule has 0 radical (unpaired) electrons. The predicted molar refractivity (Wildman–Crippen MR) is 97.6 cm³/mol. The smallest absolute Gasteiger partial charge is 0.218 e. The number of aromatic nitrogens is 1. The van der Waals surface area contributed by atoms with Gasteiger partial charge in [0.2, 0.25) is 10.0 Å². The fourth-order valence-electron chi connectivity index (χ4n) is 3.62. The topological polar surface area (TPSA) is 42.3 Å². The van der Waals surface area contributed by atoms with E-state index in [0.29, 0.717) is 19.1 Å². The van der Waals surface area contributed by atoms with Gasteiger partial charge < -0.3 is 4.57 Å². The second kappa shape index (κ2) is 6.73. The molecule has 1 aromatic carbocycles. The Balaban J connectivity index is 1.66. The average Bonchev–Trinajstić information content (AvgIpc) is 2.88. The summed E-state index contributed by atoms with van der Waals surface area (Å²) in [6.07, 6.45) is 1.76. The lowest BCUT2D eigenvalue weighted by molar-refractivity contribution is 0.270. The molecule has 1 fully saturated rings. The van der Waals surface area contributed by atoms with Gasteiger partial charge in [0.05, 0.1) is 5.75 Å². The van der Waals surface area contributed by atoms with Crippen molar-refractivity contribution in [3.8, 4) is 0 Å². The maximum absolute atomic E-state index is 12.7. The Bertz CT molecular complexity index is 779. The van der Waals surface area contributed by atoms with Gasteiger partial charge in [-0.2, -0.15) is 0 Å². The maximum atomic E-state index is 12.7. The van der Waals surface area contributed by atoms with Crippen LogP contribution in [0.4, 0.5) is 0 Å². The third-order valence-electron chi connectivity index (χ3n) is 4.98. The minimum absolute atomic E-state index is 0.0967. The molecule has 4 nitrogen and oxygen atoms in total. The molecule has 3 rings (SSSR count). The van der Waals surface area contributed by atoms with Crippen molar-refractivity contribution in [1.29, 1.82) is 0 Å². The lowest BCUT2D eigenvalue weighted by atomic mass is 10.1. The molecule has 24 heavy (non-hydrogen) atoms. The van der Waals surface area contributed by atoms with Gasteiger partial charge in [-0.1, -0.05) is 29.8 Å². The number of piperidine rings is 1. The van der Waals surface area contributed by atoms with E-state index < -0.39 is 10.0 Å².